The highest BCUT2D eigenvalue weighted by Crippen LogP contribution is 2.26. The van der Waals surface area contributed by atoms with Crippen LogP contribution in [0.25, 0.3) is 0 Å². The first-order valence-electron chi connectivity index (χ1n) is 7.38. The summed E-state index contributed by atoms with van der Waals surface area (Å²) in [5, 5.41) is 8.57. The first kappa shape index (κ1) is 14.3. The third kappa shape index (κ3) is 3.17. The molecule has 3 unspecified atom stereocenters. The van der Waals surface area contributed by atoms with Crippen LogP contribution in [-0.4, -0.2) is 18.5 Å². The molecule has 110 valence electrons. The molecule has 3 atom stereocenters. The van der Waals surface area contributed by atoms with Crippen molar-refractivity contribution in [2.24, 2.45) is 5.92 Å². The SMILES string of the molecule is CC1CCNC1C(=O)NC(c1ccccc1)c1cccs1. The van der Waals surface area contributed by atoms with E-state index < -0.39 is 0 Å². The second kappa shape index (κ2) is 6.41. The van der Waals surface area contributed by atoms with Gasteiger partial charge in [-0.25, -0.2) is 0 Å². The Balaban J connectivity index is 1.82. The van der Waals surface area contributed by atoms with Crippen molar-refractivity contribution in [2.75, 3.05) is 6.54 Å². The van der Waals surface area contributed by atoms with Crippen molar-refractivity contribution in [1.82, 2.24) is 10.6 Å². The van der Waals surface area contributed by atoms with Crippen LogP contribution in [0, 0.1) is 5.92 Å². The standard InChI is InChI=1S/C17H20N2OS/c1-12-9-10-18-15(12)17(20)19-16(14-8-5-11-21-14)13-6-3-2-4-7-13/h2-8,11-12,15-16,18H,9-10H2,1H3,(H,19,20). The van der Waals surface area contributed by atoms with Gasteiger partial charge in [0.2, 0.25) is 5.91 Å². The number of thiophene rings is 1. The summed E-state index contributed by atoms with van der Waals surface area (Å²) in [7, 11) is 0. The summed E-state index contributed by atoms with van der Waals surface area (Å²) in [5.41, 5.74) is 1.12. The van der Waals surface area contributed by atoms with Gasteiger partial charge in [-0.3, -0.25) is 4.79 Å². The van der Waals surface area contributed by atoms with Crippen molar-refractivity contribution < 1.29 is 4.79 Å². The van der Waals surface area contributed by atoms with E-state index in [0.717, 1.165) is 18.5 Å². The molecular formula is C17H20N2OS. The Kier molecular flexibility index (Phi) is 4.36. The summed E-state index contributed by atoms with van der Waals surface area (Å²) in [6.07, 6.45) is 1.06. The molecule has 1 fully saturated rings. The zero-order valence-electron chi connectivity index (χ0n) is 12.1. The molecule has 4 heteroatoms. The molecule has 3 nitrogen and oxygen atoms in total. The smallest absolute Gasteiger partial charge is 0.238 e. The molecule has 1 saturated heterocycles. The summed E-state index contributed by atoms with van der Waals surface area (Å²) in [6, 6.07) is 14.1. The second-order valence-electron chi connectivity index (χ2n) is 5.57. The average molecular weight is 300 g/mol. The van der Waals surface area contributed by atoms with E-state index in [1.54, 1.807) is 11.3 Å². The topological polar surface area (TPSA) is 41.1 Å². The van der Waals surface area contributed by atoms with E-state index in [1.165, 1.54) is 4.88 Å². The lowest BCUT2D eigenvalue weighted by Crippen LogP contribution is -2.44. The lowest BCUT2D eigenvalue weighted by molar-refractivity contribution is -0.124. The Morgan fingerprint density at radius 1 is 1.29 bits per heavy atom. The van der Waals surface area contributed by atoms with Gasteiger partial charge in [0.25, 0.3) is 0 Å². The molecule has 1 aromatic carbocycles. The fraction of sp³-hybridized carbons (Fsp3) is 0.353. The van der Waals surface area contributed by atoms with Gasteiger partial charge in [0.15, 0.2) is 0 Å². The minimum Gasteiger partial charge on any atom is -0.343 e. The molecule has 2 N–H and O–H groups in total. The van der Waals surface area contributed by atoms with Crippen LogP contribution in [0.4, 0.5) is 0 Å². The zero-order valence-corrected chi connectivity index (χ0v) is 12.9. The summed E-state index contributed by atoms with van der Waals surface area (Å²) in [4.78, 5) is 13.7. The van der Waals surface area contributed by atoms with Crippen LogP contribution >= 0.6 is 11.3 Å². The molecule has 0 spiro atoms. The number of hydrogen-bond donors (Lipinski definition) is 2. The van der Waals surface area contributed by atoms with Gasteiger partial charge in [0.05, 0.1) is 12.1 Å². The highest BCUT2D eigenvalue weighted by molar-refractivity contribution is 7.10. The Hall–Kier alpha value is -1.65. The fourth-order valence-electron chi connectivity index (χ4n) is 2.84. The third-order valence-electron chi connectivity index (χ3n) is 4.06. The van der Waals surface area contributed by atoms with E-state index in [1.807, 2.05) is 29.6 Å². The first-order chi connectivity index (χ1) is 10.3. The third-order valence-corrected chi connectivity index (χ3v) is 5.00. The van der Waals surface area contributed by atoms with E-state index in [-0.39, 0.29) is 18.0 Å². The van der Waals surface area contributed by atoms with Crippen LogP contribution in [0.2, 0.25) is 0 Å². The lowest BCUT2D eigenvalue weighted by Gasteiger charge is -2.22. The summed E-state index contributed by atoms with van der Waals surface area (Å²) >= 11 is 1.68. The predicted molar refractivity (Wildman–Crippen MR) is 86.3 cm³/mol. The van der Waals surface area contributed by atoms with E-state index in [4.69, 9.17) is 0 Å². The number of rotatable bonds is 4. The van der Waals surface area contributed by atoms with Gasteiger partial charge in [-0.2, -0.15) is 0 Å². The molecule has 1 aliphatic heterocycles. The Labute approximate surface area is 129 Å². The minimum absolute atomic E-state index is 0.0618. The van der Waals surface area contributed by atoms with Gasteiger partial charge < -0.3 is 10.6 Å². The van der Waals surface area contributed by atoms with Gasteiger partial charge in [0.1, 0.15) is 0 Å². The van der Waals surface area contributed by atoms with Crippen molar-refractivity contribution in [1.29, 1.82) is 0 Å². The maximum absolute atomic E-state index is 12.6. The Morgan fingerprint density at radius 2 is 2.10 bits per heavy atom. The minimum atomic E-state index is -0.0730. The Bertz CT molecular complexity index is 582. The van der Waals surface area contributed by atoms with Crippen LogP contribution in [0.5, 0.6) is 0 Å². The molecular weight excluding hydrogens is 280 g/mol. The number of amides is 1. The van der Waals surface area contributed by atoms with E-state index in [2.05, 4.69) is 35.8 Å². The van der Waals surface area contributed by atoms with Crippen LogP contribution < -0.4 is 10.6 Å². The molecule has 0 saturated carbocycles. The normalized spacial score (nSPS) is 22.9. The highest BCUT2D eigenvalue weighted by atomic mass is 32.1. The number of benzene rings is 1. The Morgan fingerprint density at radius 3 is 2.71 bits per heavy atom. The number of carbonyl (C=O) groups is 1. The van der Waals surface area contributed by atoms with Crippen molar-refractivity contribution in [3.05, 3.63) is 58.3 Å². The van der Waals surface area contributed by atoms with Crippen LogP contribution in [0.1, 0.15) is 29.8 Å². The number of hydrogen-bond acceptors (Lipinski definition) is 3. The second-order valence-corrected chi connectivity index (χ2v) is 6.54. The molecule has 2 heterocycles. The van der Waals surface area contributed by atoms with Gasteiger partial charge in [0, 0.05) is 4.88 Å². The molecule has 0 bridgehead atoms. The molecule has 3 rings (SSSR count). The summed E-state index contributed by atoms with van der Waals surface area (Å²) in [5.74, 6) is 0.493. The quantitative estimate of drug-likeness (QED) is 0.911. The van der Waals surface area contributed by atoms with Crippen molar-refractivity contribution >= 4 is 17.2 Å². The highest BCUT2D eigenvalue weighted by Gasteiger charge is 2.31. The zero-order chi connectivity index (χ0) is 14.7. The lowest BCUT2D eigenvalue weighted by atomic mass is 10.0. The molecule has 1 aliphatic rings. The average Bonchev–Trinajstić information content (AvgIpc) is 3.17. The van der Waals surface area contributed by atoms with Gasteiger partial charge in [-0.15, -0.1) is 11.3 Å². The molecule has 2 aromatic rings. The maximum atomic E-state index is 12.6. The van der Waals surface area contributed by atoms with Gasteiger partial charge in [-0.1, -0.05) is 43.3 Å². The first-order valence-corrected chi connectivity index (χ1v) is 8.26. The number of carbonyl (C=O) groups excluding carboxylic acids is 1. The number of nitrogens with one attached hydrogen (secondary N) is 2. The van der Waals surface area contributed by atoms with Gasteiger partial charge >= 0.3 is 0 Å². The largest absolute Gasteiger partial charge is 0.343 e. The molecule has 0 radical (unpaired) electrons. The van der Waals surface area contributed by atoms with Crippen molar-refractivity contribution in [3.63, 3.8) is 0 Å². The molecule has 1 amide bonds. The fourth-order valence-corrected chi connectivity index (χ4v) is 3.64. The monoisotopic (exact) mass is 300 g/mol. The molecule has 1 aromatic heterocycles. The van der Waals surface area contributed by atoms with Gasteiger partial charge in [-0.05, 0) is 35.9 Å². The van der Waals surface area contributed by atoms with E-state index in [9.17, 15) is 4.79 Å². The molecule has 21 heavy (non-hydrogen) atoms. The molecule has 0 aliphatic carbocycles. The van der Waals surface area contributed by atoms with Crippen molar-refractivity contribution in [2.45, 2.75) is 25.4 Å². The van der Waals surface area contributed by atoms with E-state index in [0.29, 0.717) is 5.92 Å². The van der Waals surface area contributed by atoms with Crippen LogP contribution in [0.15, 0.2) is 47.8 Å². The van der Waals surface area contributed by atoms with Crippen molar-refractivity contribution in [3.8, 4) is 0 Å². The maximum Gasteiger partial charge on any atom is 0.238 e. The summed E-state index contributed by atoms with van der Waals surface area (Å²) < 4.78 is 0. The van der Waals surface area contributed by atoms with Crippen LogP contribution in [-0.2, 0) is 4.79 Å². The summed E-state index contributed by atoms with van der Waals surface area (Å²) in [6.45, 7) is 3.06. The predicted octanol–water partition coefficient (Wildman–Crippen LogP) is 2.95. The van der Waals surface area contributed by atoms with Crippen LogP contribution in [0.3, 0.4) is 0 Å². The van der Waals surface area contributed by atoms with E-state index >= 15 is 0 Å².